The highest BCUT2D eigenvalue weighted by atomic mass is 16.5. The Bertz CT molecular complexity index is 278. The molecule has 0 spiro atoms. The van der Waals surface area contributed by atoms with E-state index in [2.05, 4.69) is 11.8 Å². The molecular formula is C14H28N2O3. The van der Waals surface area contributed by atoms with E-state index in [1.54, 1.807) is 14.2 Å². The molecule has 5 nitrogen and oxygen atoms in total. The van der Waals surface area contributed by atoms with E-state index in [9.17, 15) is 0 Å². The van der Waals surface area contributed by atoms with Gasteiger partial charge in [-0.05, 0) is 19.3 Å². The summed E-state index contributed by atoms with van der Waals surface area (Å²) < 4.78 is 16.9. The molecule has 5 heteroatoms. The Labute approximate surface area is 116 Å². The van der Waals surface area contributed by atoms with E-state index < -0.39 is 0 Å². The molecule has 2 saturated heterocycles. The maximum Gasteiger partial charge on any atom is 0.0972 e. The molecule has 2 N–H and O–H groups in total. The van der Waals surface area contributed by atoms with E-state index in [1.807, 2.05) is 0 Å². The van der Waals surface area contributed by atoms with Gasteiger partial charge in [0.05, 0.1) is 18.3 Å². The summed E-state index contributed by atoms with van der Waals surface area (Å²) in [5.74, 6) is 0. The van der Waals surface area contributed by atoms with Crippen molar-refractivity contribution in [1.82, 2.24) is 4.90 Å². The van der Waals surface area contributed by atoms with Crippen LogP contribution in [0.1, 0.15) is 26.2 Å². The van der Waals surface area contributed by atoms with Crippen LogP contribution in [-0.4, -0.2) is 69.2 Å². The summed E-state index contributed by atoms with van der Waals surface area (Å²) in [5, 5.41) is 0. The average molecular weight is 272 g/mol. The van der Waals surface area contributed by atoms with Crippen LogP contribution in [0.5, 0.6) is 0 Å². The third-order valence-electron chi connectivity index (χ3n) is 4.86. The van der Waals surface area contributed by atoms with Gasteiger partial charge in [0, 0.05) is 46.0 Å². The second-order valence-corrected chi connectivity index (χ2v) is 5.74. The Balaban J connectivity index is 2.09. The highest BCUT2D eigenvalue weighted by Gasteiger charge is 2.46. The number of methoxy groups -OCH3 is 2. The number of ether oxygens (including phenoxy) is 3. The summed E-state index contributed by atoms with van der Waals surface area (Å²) in [4.78, 5) is 2.47. The molecule has 0 saturated carbocycles. The molecule has 2 aliphatic rings. The maximum atomic E-state index is 6.13. The molecule has 112 valence electrons. The number of rotatable bonds is 5. The summed E-state index contributed by atoms with van der Waals surface area (Å²) in [7, 11) is 3.52. The van der Waals surface area contributed by atoms with Crippen LogP contribution in [0.25, 0.3) is 0 Å². The van der Waals surface area contributed by atoms with Crippen molar-refractivity contribution in [3.63, 3.8) is 0 Å². The van der Waals surface area contributed by atoms with Crippen molar-refractivity contribution in [2.45, 2.75) is 50.0 Å². The van der Waals surface area contributed by atoms with Crippen LogP contribution in [-0.2, 0) is 14.2 Å². The van der Waals surface area contributed by atoms with Crippen molar-refractivity contribution < 1.29 is 14.2 Å². The van der Waals surface area contributed by atoms with Crippen molar-refractivity contribution in [3.05, 3.63) is 0 Å². The number of likely N-dealkylation sites (tertiary alicyclic amines) is 1. The first-order chi connectivity index (χ1) is 9.19. The van der Waals surface area contributed by atoms with Gasteiger partial charge in [0.15, 0.2) is 0 Å². The Kier molecular flexibility index (Phi) is 5.20. The van der Waals surface area contributed by atoms with Crippen LogP contribution in [0, 0.1) is 0 Å². The van der Waals surface area contributed by atoms with E-state index in [1.165, 1.54) is 0 Å². The number of hydrogen-bond donors (Lipinski definition) is 1. The molecule has 4 atom stereocenters. The molecule has 2 rings (SSSR count). The first-order valence-corrected chi connectivity index (χ1v) is 7.31. The van der Waals surface area contributed by atoms with Crippen molar-refractivity contribution in [2.75, 3.05) is 40.5 Å². The fraction of sp³-hybridized carbons (Fsp3) is 1.00. The largest absolute Gasteiger partial charge is 0.378 e. The summed E-state index contributed by atoms with van der Waals surface area (Å²) in [6.07, 6.45) is 3.71. The summed E-state index contributed by atoms with van der Waals surface area (Å²) in [6.45, 7) is 5.48. The van der Waals surface area contributed by atoms with Gasteiger partial charge in [0.1, 0.15) is 0 Å². The second kappa shape index (κ2) is 6.50. The Hall–Kier alpha value is -0.200. The van der Waals surface area contributed by atoms with Crippen molar-refractivity contribution >= 4 is 0 Å². The predicted octanol–water partition coefficient (Wildman–Crippen LogP) is 0.619. The lowest BCUT2D eigenvalue weighted by Gasteiger charge is -2.46. The molecule has 19 heavy (non-hydrogen) atoms. The predicted molar refractivity (Wildman–Crippen MR) is 74.2 cm³/mol. The fourth-order valence-electron chi connectivity index (χ4n) is 3.45. The zero-order valence-corrected chi connectivity index (χ0v) is 12.4. The molecule has 2 heterocycles. The van der Waals surface area contributed by atoms with Gasteiger partial charge in [0.2, 0.25) is 0 Å². The van der Waals surface area contributed by atoms with E-state index in [-0.39, 0.29) is 17.7 Å². The lowest BCUT2D eigenvalue weighted by atomic mass is 9.84. The lowest BCUT2D eigenvalue weighted by molar-refractivity contribution is -0.0696. The lowest BCUT2D eigenvalue weighted by Crippen LogP contribution is -2.58. The normalized spacial score (nSPS) is 40.7. The maximum absolute atomic E-state index is 6.13. The van der Waals surface area contributed by atoms with Gasteiger partial charge in [0.25, 0.3) is 0 Å². The third kappa shape index (κ3) is 2.95. The van der Waals surface area contributed by atoms with Crippen LogP contribution in [0.15, 0.2) is 0 Å². The van der Waals surface area contributed by atoms with Crippen LogP contribution < -0.4 is 5.73 Å². The van der Waals surface area contributed by atoms with Gasteiger partial charge >= 0.3 is 0 Å². The van der Waals surface area contributed by atoms with Crippen LogP contribution >= 0.6 is 0 Å². The first-order valence-electron chi connectivity index (χ1n) is 7.31. The monoisotopic (exact) mass is 272 g/mol. The molecule has 0 bridgehead atoms. The Morgan fingerprint density at radius 2 is 1.89 bits per heavy atom. The van der Waals surface area contributed by atoms with Gasteiger partial charge in [-0.2, -0.15) is 0 Å². The molecule has 0 radical (unpaired) electrons. The highest BCUT2D eigenvalue weighted by molar-refractivity contribution is 5.01. The van der Waals surface area contributed by atoms with Gasteiger partial charge in [-0.3, -0.25) is 4.90 Å². The van der Waals surface area contributed by atoms with Crippen LogP contribution in [0.3, 0.4) is 0 Å². The minimum absolute atomic E-state index is 0.0585. The second-order valence-electron chi connectivity index (χ2n) is 5.74. The zero-order chi connectivity index (χ0) is 13.9. The van der Waals surface area contributed by atoms with E-state index >= 15 is 0 Å². The molecular weight excluding hydrogens is 244 g/mol. The molecule has 0 aromatic carbocycles. The van der Waals surface area contributed by atoms with E-state index in [4.69, 9.17) is 19.9 Å². The van der Waals surface area contributed by atoms with Crippen LogP contribution in [0.2, 0.25) is 0 Å². The number of hydrogen-bond acceptors (Lipinski definition) is 5. The highest BCUT2D eigenvalue weighted by Crippen LogP contribution is 2.34. The van der Waals surface area contributed by atoms with Gasteiger partial charge in [-0.25, -0.2) is 0 Å². The average Bonchev–Trinajstić information content (AvgIpc) is 2.91. The Morgan fingerprint density at radius 3 is 2.37 bits per heavy atom. The summed E-state index contributed by atoms with van der Waals surface area (Å²) in [6, 6.07) is 0. The molecule has 2 fully saturated rings. The van der Waals surface area contributed by atoms with E-state index in [0.29, 0.717) is 12.6 Å². The van der Waals surface area contributed by atoms with Gasteiger partial charge in [-0.1, -0.05) is 6.92 Å². The molecule has 0 amide bonds. The van der Waals surface area contributed by atoms with Gasteiger partial charge < -0.3 is 19.9 Å². The molecule has 2 aliphatic heterocycles. The minimum Gasteiger partial charge on any atom is -0.378 e. The molecule has 4 unspecified atom stereocenters. The van der Waals surface area contributed by atoms with Crippen LogP contribution in [0.4, 0.5) is 0 Å². The van der Waals surface area contributed by atoms with E-state index in [0.717, 1.165) is 39.0 Å². The van der Waals surface area contributed by atoms with Gasteiger partial charge in [-0.15, -0.1) is 0 Å². The third-order valence-corrected chi connectivity index (χ3v) is 4.86. The number of nitrogens with zero attached hydrogens (tertiary/aromatic N) is 1. The Morgan fingerprint density at radius 1 is 1.26 bits per heavy atom. The smallest absolute Gasteiger partial charge is 0.0972 e. The first kappa shape index (κ1) is 15.2. The summed E-state index contributed by atoms with van der Waals surface area (Å²) in [5.41, 5.74) is 6.19. The quantitative estimate of drug-likeness (QED) is 0.795. The molecule has 0 aliphatic carbocycles. The summed E-state index contributed by atoms with van der Waals surface area (Å²) >= 11 is 0. The standard InChI is InChI=1S/C14H28N2O3/c1-4-11-7-14(10-15,5-6-19-11)16-8-12(17-2)13(9-16)18-3/h11-13H,4-10,15H2,1-3H3. The van der Waals surface area contributed by atoms with Crippen molar-refractivity contribution in [2.24, 2.45) is 5.73 Å². The minimum atomic E-state index is 0.0585. The molecule has 0 aromatic heterocycles. The van der Waals surface area contributed by atoms with Crippen molar-refractivity contribution in [1.29, 1.82) is 0 Å². The molecule has 0 aromatic rings. The van der Waals surface area contributed by atoms with Crippen molar-refractivity contribution in [3.8, 4) is 0 Å². The number of nitrogens with two attached hydrogens (primary N) is 1. The SMILES string of the molecule is CCC1CC(CN)(N2CC(OC)C(OC)C2)CCO1. The fourth-order valence-corrected chi connectivity index (χ4v) is 3.45. The zero-order valence-electron chi connectivity index (χ0n) is 12.4. The topological polar surface area (TPSA) is 57.0 Å².